The van der Waals surface area contributed by atoms with Crippen LogP contribution in [0.1, 0.15) is 37.3 Å². The van der Waals surface area contributed by atoms with Gasteiger partial charge in [-0.25, -0.2) is 0 Å². The summed E-state index contributed by atoms with van der Waals surface area (Å²) in [6.07, 6.45) is 1.12. The van der Waals surface area contributed by atoms with Crippen LogP contribution in [0.4, 0.5) is 5.69 Å². The zero-order chi connectivity index (χ0) is 16.7. The Morgan fingerprint density at radius 2 is 1.78 bits per heavy atom. The number of anilines is 1. The summed E-state index contributed by atoms with van der Waals surface area (Å²) in [5.41, 5.74) is 3.34. The number of benzene rings is 2. The second kappa shape index (κ2) is 8.99. The molecule has 0 aliphatic heterocycles. The maximum Gasteiger partial charge on any atom is 0.234 e. The van der Waals surface area contributed by atoms with Crippen molar-refractivity contribution in [2.75, 3.05) is 11.1 Å². The summed E-state index contributed by atoms with van der Waals surface area (Å²) in [6.45, 7) is 4.39. The Bertz CT molecular complexity index is 625. The highest BCUT2D eigenvalue weighted by molar-refractivity contribution is 7.99. The molecule has 0 radical (unpaired) electrons. The summed E-state index contributed by atoms with van der Waals surface area (Å²) < 4.78 is 0. The van der Waals surface area contributed by atoms with E-state index >= 15 is 0 Å². The van der Waals surface area contributed by atoms with Crippen LogP contribution < -0.4 is 5.32 Å². The molecule has 23 heavy (non-hydrogen) atoms. The molecule has 1 N–H and O–H groups in total. The van der Waals surface area contributed by atoms with Crippen molar-refractivity contribution in [3.8, 4) is 0 Å². The average molecular weight is 348 g/mol. The fourth-order valence-electron chi connectivity index (χ4n) is 2.17. The number of amides is 1. The lowest BCUT2D eigenvalue weighted by atomic mass is 9.99. The van der Waals surface area contributed by atoms with Crippen LogP contribution in [-0.2, 0) is 10.5 Å². The van der Waals surface area contributed by atoms with E-state index in [4.69, 9.17) is 11.6 Å². The van der Waals surface area contributed by atoms with Crippen LogP contribution in [0.5, 0.6) is 0 Å². The molecule has 0 heterocycles. The van der Waals surface area contributed by atoms with Crippen LogP contribution in [0, 0.1) is 0 Å². The maximum atomic E-state index is 12.0. The Kier molecular flexibility index (Phi) is 7.00. The summed E-state index contributed by atoms with van der Waals surface area (Å²) in [5, 5.41) is 3.67. The molecule has 2 rings (SSSR count). The molecular weight excluding hydrogens is 326 g/mol. The molecular formula is C19H22ClNOS. The van der Waals surface area contributed by atoms with Crippen molar-refractivity contribution in [2.24, 2.45) is 0 Å². The molecule has 122 valence electrons. The molecule has 0 saturated heterocycles. The van der Waals surface area contributed by atoms with Crippen molar-refractivity contribution in [3.63, 3.8) is 0 Å². The number of thioether (sulfide) groups is 1. The van der Waals surface area contributed by atoms with E-state index in [9.17, 15) is 4.79 Å². The third kappa shape index (κ3) is 5.92. The van der Waals surface area contributed by atoms with E-state index in [-0.39, 0.29) is 5.91 Å². The lowest BCUT2D eigenvalue weighted by Gasteiger charge is -2.10. The molecule has 2 aromatic rings. The average Bonchev–Trinajstić information content (AvgIpc) is 2.56. The summed E-state index contributed by atoms with van der Waals surface area (Å²) in [7, 11) is 0. The number of halogens is 1. The molecule has 1 unspecified atom stereocenters. The van der Waals surface area contributed by atoms with Gasteiger partial charge in [0.1, 0.15) is 0 Å². The van der Waals surface area contributed by atoms with Crippen LogP contribution in [0.3, 0.4) is 0 Å². The smallest absolute Gasteiger partial charge is 0.234 e. The molecule has 2 aromatic carbocycles. The highest BCUT2D eigenvalue weighted by Crippen LogP contribution is 2.21. The van der Waals surface area contributed by atoms with Crippen LogP contribution >= 0.6 is 23.4 Å². The molecule has 0 saturated carbocycles. The highest BCUT2D eigenvalue weighted by atomic mass is 35.5. The van der Waals surface area contributed by atoms with E-state index in [1.54, 1.807) is 11.8 Å². The minimum atomic E-state index is 0.0280. The minimum Gasteiger partial charge on any atom is -0.325 e. The summed E-state index contributed by atoms with van der Waals surface area (Å²) in [6, 6.07) is 15.8. The van der Waals surface area contributed by atoms with E-state index in [1.807, 2.05) is 36.4 Å². The fraction of sp³-hybridized carbons (Fsp3) is 0.316. The second-order valence-electron chi connectivity index (χ2n) is 5.60. The van der Waals surface area contributed by atoms with Gasteiger partial charge in [0.2, 0.25) is 5.91 Å². The molecule has 0 aliphatic carbocycles. The van der Waals surface area contributed by atoms with Crippen LogP contribution in [0.2, 0.25) is 5.02 Å². The van der Waals surface area contributed by atoms with Gasteiger partial charge >= 0.3 is 0 Å². The lowest BCUT2D eigenvalue weighted by Crippen LogP contribution is -2.14. The molecule has 2 nitrogen and oxygen atoms in total. The molecule has 1 atom stereocenters. The summed E-state index contributed by atoms with van der Waals surface area (Å²) in [5.74, 6) is 1.82. The molecule has 0 aliphatic rings. The molecule has 0 spiro atoms. The molecule has 0 aromatic heterocycles. The van der Waals surface area contributed by atoms with Crippen molar-refractivity contribution in [2.45, 2.75) is 31.9 Å². The van der Waals surface area contributed by atoms with E-state index in [2.05, 4.69) is 31.3 Å². The standard InChI is InChI=1S/C19H22ClNOS/c1-3-14(2)16-6-10-18(11-7-16)21-19(22)13-23-12-15-4-8-17(20)9-5-15/h4-11,14H,3,12-13H2,1-2H3,(H,21,22). The van der Waals surface area contributed by atoms with Gasteiger partial charge in [-0.15, -0.1) is 11.8 Å². The van der Waals surface area contributed by atoms with Gasteiger partial charge in [-0.3, -0.25) is 4.79 Å². The number of hydrogen-bond acceptors (Lipinski definition) is 2. The third-order valence-corrected chi connectivity index (χ3v) is 5.05. The van der Waals surface area contributed by atoms with Gasteiger partial charge in [-0.1, -0.05) is 49.7 Å². The predicted molar refractivity (Wildman–Crippen MR) is 101 cm³/mol. The Labute approximate surface area is 147 Å². The molecule has 1 amide bonds. The van der Waals surface area contributed by atoms with Crippen molar-refractivity contribution < 1.29 is 4.79 Å². The third-order valence-electron chi connectivity index (χ3n) is 3.79. The van der Waals surface area contributed by atoms with Gasteiger partial charge in [0.15, 0.2) is 0 Å². The zero-order valence-electron chi connectivity index (χ0n) is 13.5. The maximum absolute atomic E-state index is 12.0. The largest absolute Gasteiger partial charge is 0.325 e. The van der Waals surface area contributed by atoms with E-state index in [0.717, 1.165) is 22.9 Å². The van der Waals surface area contributed by atoms with E-state index in [0.29, 0.717) is 11.7 Å². The Morgan fingerprint density at radius 1 is 1.13 bits per heavy atom. The summed E-state index contributed by atoms with van der Waals surface area (Å²) >= 11 is 7.45. The topological polar surface area (TPSA) is 29.1 Å². The second-order valence-corrected chi connectivity index (χ2v) is 7.02. The first kappa shape index (κ1) is 17.9. The first-order chi connectivity index (χ1) is 11.1. The SMILES string of the molecule is CCC(C)c1ccc(NC(=O)CSCc2ccc(Cl)cc2)cc1. The number of rotatable bonds is 7. The molecule has 0 fully saturated rings. The number of nitrogens with one attached hydrogen (secondary N) is 1. The number of carbonyl (C=O) groups excluding carboxylic acids is 1. The van der Waals surface area contributed by atoms with Crippen molar-refractivity contribution in [3.05, 3.63) is 64.7 Å². The van der Waals surface area contributed by atoms with Crippen LogP contribution in [0.25, 0.3) is 0 Å². The van der Waals surface area contributed by atoms with Gasteiger partial charge in [0.05, 0.1) is 5.75 Å². The van der Waals surface area contributed by atoms with E-state index < -0.39 is 0 Å². The van der Waals surface area contributed by atoms with Gasteiger partial charge in [0.25, 0.3) is 0 Å². The summed E-state index contributed by atoms with van der Waals surface area (Å²) in [4.78, 5) is 12.0. The minimum absolute atomic E-state index is 0.0280. The molecule has 4 heteroatoms. The zero-order valence-corrected chi connectivity index (χ0v) is 15.1. The van der Waals surface area contributed by atoms with Gasteiger partial charge in [-0.05, 0) is 47.7 Å². The van der Waals surface area contributed by atoms with Crippen LogP contribution in [-0.4, -0.2) is 11.7 Å². The van der Waals surface area contributed by atoms with Crippen LogP contribution in [0.15, 0.2) is 48.5 Å². The number of carbonyl (C=O) groups is 1. The highest BCUT2D eigenvalue weighted by Gasteiger charge is 2.05. The van der Waals surface area contributed by atoms with Crippen molar-refractivity contribution in [1.29, 1.82) is 0 Å². The van der Waals surface area contributed by atoms with Crippen molar-refractivity contribution >= 4 is 35.0 Å². The van der Waals surface area contributed by atoms with Gasteiger partial charge < -0.3 is 5.32 Å². The van der Waals surface area contributed by atoms with Gasteiger partial charge in [0, 0.05) is 16.5 Å². The first-order valence-corrected chi connectivity index (χ1v) is 9.33. The quantitative estimate of drug-likeness (QED) is 0.693. The normalized spacial score (nSPS) is 12.0. The molecule has 0 bridgehead atoms. The monoisotopic (exact) mass is 347 g/mol. The fourth-order valence-corrected chi connectivity index (χ4v) is 3.08. The Balaban J connectivity index is 1.77. The van der Waals surface area contributed by atoms with Gasteiger partial charge in [-0.2, -0.15) is 0 Å². The van der Waals surface area contributed by atoms with Crippen molar-refractivity contribution in [1.82, 2.24) is 0 Å². The number of hydrogen-bond donors (Lipinski definition) is 1. The first-order valence-electron chi connectivity index (χ1n) is 7.80. The Morgan fingerprint density at radius 3 is 2.39 bits per heavy atom. The lowest BCUT2D eigenvalue weighted by molar-refractivity contribution is -0.113. The Hall–Kier alpha value is -1.45. The predicted octanol–water partition coefficient (Wildman–Crippen LogP) is 5.73. The van der Waals surface area contributed by atoms with E-state index in [1.165, 1.54) is 11.1 Å².